The molecule has 0 atom stereocenters. The second-order valence-corrected chi connectivity index (χ2v) is 5.69. The number of para-hydroxylation sites is 1. The Morgan fingerprint density at radius 2 is 1.67 bits per heavy atom. The van der Waals surface area contributed by atoms with Crippen LogP contribution in [0.3, 0.4) is 0 Å². The Hall–Kier alpha value is -2.29. The normalized spacial score (nSPS) is 10.7. The van der Waals surface area contributed by atoms with Crippen molar-refractivity contribution in [3.05, 3.63) is 58.7 Å². The van der Waals surface area contributed by atoms with Crippen LogP contribution >= 0.6 is 0 Å². The second-order valence-electron chi connectivity index (χ2n) is 5.69. The van der Waals surface area contributed by atoms with Crippen LogP contribution in [0.25, 0.3) is 0 Å². The van der Waals surface area contributed by atoms with Crippen LogP contribution in [-0.2, 0) is 0 Å². The number of rotatable bonds is 3. The molecule has 21 heavy (non-hydrogen) atoms. The zero-order chi connectivity index (χ0) is 15.6. The first kappa shape index (κ1) is 15.1. The van der Waals surface area contributed by atoms with Crippen LogP contribution in [0.5, 0.6) is 0 Å². The highest BCUT2D eigenvalue weighted by Gasteiger charge is 2.16. The number of amides is 1. The summed E-state index contributed by atoms with van der Waals surface area (Å²) in [5.74, 6) is 0.191. The monoisotopic (exact) mass is 282 g/mol. The SMILES string of the molecule is Cc1cccc(C(C)C)c1NC(=O)c1c(C)cccc1N. The number of carbonyl (C=O) groups is 1. The van der Waals surface area contributed by atoms with Gasteiger partial charge in [-0.25, -0.2) is 0 Å². The van der Waals surface area contributed by atoms with Crippen molar-refractivity contribution in [1.82, 2.24) is 0 Å². The molecule has 3 N–H and O–H groups in total. The molecule has 2 aromatic rings. The third-order valence-corrected chi connectivity index (χ3v) is 3.70. The zero-order valence-corrected chi connectivity index (χ0v) is 13.0. The van der Waals surface area contributed by atoms with Crippen molar-refractivity contribution in [3.63, 3.8) is 0 Å². The lowest BCUT2D eigenvalue weighted by Gasteiger charge is -2.17. The number of nitrogen functional groups attached to an aromatic ring is 1. The van der Waals surface area contributed by atoms with Crippen molar-refractivity contribution < 1.29 is 4.79 Å². The van der Waals surface area contributed by atoms with Gasteiger partial charge < -0.3 is 11.1 Å². The molecule has 3 heteroatoms. The minimum atomic E-state index is -0.151. The molecule has 0 fully saturated rings. The maximum atomic E-state index is 12.6. The number of hydrogen-bond acceptors (Lipinski definition) is 2. The van der Waals surface area contributed by atoms with Gasteiger partial charge in [-0.1, -0.05) is 44.2 Å². The topological polar surface area (TPSA) is 55.1 Å². The molecular formula is C18H22N2O. The van der Waals surface area contributed by atoms with E-state index in [9.17, 15) is 4.79 Å². The van der Waals surface area contributed by atoms with Crippen molar-refractivity contribution in [2.75, 3.05) is 11.1 Å². The van der Waals surface area contributed by atoms with E-state index in [4.69, 9.17) is 5.73 Å². The van der Waals surface area contributed by atoms with Crippen LogP contribution in [0.15, 0.2) is 36.4 Å². The fourth-order valence-electron chi connectivity index (χ4n) is 2.52. The average molecular weight is 282 g/mol. The van der Waals surface area contributed by atoms with Gasteiger partial charge >= 0.3 is 0 Å². The number of nitrogens with one attached hydrogen (secondary N) is 1. The third-order valence-electron chi connectivity index (χ3n) is 3.70. The molecule has 0 aliphatic carbocycles. The number of benzene rings is 2. The van der Waals surface area contributed by atoms with Gasteiger partial charge in [-0.2, -0.15) is 0 Å². The fraction of sp³-hybridized carbons (Fsp3) is 0.278. The van der Waals surface area contributed by atoms with E-state index in [1.807, 2.05) is 38.1 Å². The number of nitrogens with two attached hydrogens (primary N) is 1. The maximum absolute atomic E-state index is 12.6. The lowest BCUT2D eigenvalue weighted by molar-refractivity contribution is 0.102. The maximum Gasteiger partial charge on any atom is 0.258 e. The molecule has 1 amide bonds. The van der Waals surface area contributed by atoms with E-state index in [0.29, 0.717) is 17.2 Å². The summed E-state index contributed by atoms with van der Waals surface area (Å²) in [5, 5.41) is 3.04. The first-order valence-electron chi connectivity index (χ1n) is 7.17. The summed E-state index contributed by atoms with van der Waals surface area (Å²) >= 11 is 0. The molecule has 0 saturated heterocycles. The van der Waals surface area contributed by atoms with E-state index in [1.165, 1.54) is 0 Å². The van der Waals surface area contributed by atoms with Gasteiger partial charge in [-0.3, -0.25) is 4.79 Å². The van der Waals surface area contributed by atoms with Gasteiger partial charge in [0.2, 0.25) is 0 Å². The molecule has 0 radical (unpaired) electrons. The zero-order valence-electron chi connectivity index (χ0n) is 13.0. The van der Waals surface area contributed by atoms with E-state index in [2.05, 4.69) is 25.2 Å². The summed E-state index contributed by atoms with van der Waals surface area (Å²) in [5.41, 5.74) is 11.0. The molecule has 0 bridgehead atoms. The lowest BCUT2D eigenvalue weighted by atomic mass is 9.97. The van der Waals surface area contributed by atoms with Gasteiger partial charge in [0.25, 0.3) is 5.91 Å². The predicted molar refractivity (Wildman–Crippen MR) is 88.8 cm³/mol. The molecule has 3 nitrogen and oxygen atoms in total. The average Bonchev–Trinajstić information content (AvgIpc) is 2.40. The highest BCUT2D eigenvalue weighted by atomic mass is 16.1. The number of carbonyl (C=O) groups excluding carboxylic acids is 1. The molecule has 0 aliphatic rings. The van der Waals surface area contributed by atoms with E-state index in [0.717, 1.165) is 22.4 Å². The Bertz CT molecular complexity index is 655. The Morgan fingerprint density at radius 1 is 1.05 bits per heavy atom. The quantitative estimate of drug-likeness (QED) is 0.826. The van der Waals surface area contributed by atoms with Crippen LogP contribution in [-0.4, -0.2) is 5.91 Å². The van der Waals surface area contributed by atoms with E-state index >= 15 is 0 Å². The van der Waals surface area contributed by atoms with Crippen molar-refractivity contribution in [3.8, 4) is 0 Å². The molecule has 110 valence electrons. The second kappa shape index (κ2) is 6.00. The van der Waals surface area contributed by atoms with Gasteiger partial charge in [0.1, 0.15) is 0 Å². The summed E-state index contributed by atoms with van der Waals surface area (Å²) in [4.78, 5) is 12.6. The van der Waals surface area contributed by atoms with E-state index < -0.39 is 0 Å². The van der Waals surface area contributed by atoms with Crippen molar-refractivity contribution in [1.29, 1.82) is 0 Å². The molecular weight excluding hydrogens is 260 g/mol. The van der Waals surface area contributed by atoms with Crippen LogP contribution in [0.2, 0.25) is 0 Å². The molecule has 0 aliphatic heterocycles. The molecule has 0 unspecified atom stereocenters. The Morgan fingerprint density at radius 3 is 2.29 bits per heavy atom. The van der Waals surface area contributed by atoms with Gasteiger partial charge in [0, 0.05) is 11.4 Å². The standard InChI is InChI=1S/C18H22N2O/c1-11(2)14-9-5-8-13(4)17(14)20-18(21)16-12(3)7-6-10-15(16)19/h5-11H,19H2,1-4H3,(H,20,21). The predicted octanol–water partition coefficient (Wildman–Crippen LogP) is 4.26. The summed E-state index contributed by atoms with van der Waals surface area (Å²) < 4.78 is 0. The van der Waals surface area contributed by atoms with E-state index in [-0.39, 0.29) is 5.91 Å². The summed E-state index contributed by atoms with van der Waals surface area (Å²) in [7, 11) is 0. The molecule has 0 saturated carbocycles. The van der Waals surface area contributed by atoms with Gasteiger partial charge in [0.05, 0.1) is 5.56 Å². The van der Waals surface area contributed by atoms with E-state index in [1.54, 1.807) is 6.07 Å². The fourth-order valence-corrected chi connectivity index (χ4v) is 2.52. The number of hydrogen-bond donors (Lipinski definition) is 2. The summed E-state index contributed by atoms with van der Waals surface area (Å²) in [6, 6.07) is 11.6. The third kappa shape index (κ3) is 3.07. The van der Waals surface area contributed by atoms with Crippen molar-refractivity contribution in [2.24, 2.45) is 0 Å². The van der Waals surface area contributed by atoms with Crippen LogP contribution < -0.4 is 11.1 Å². The Labute approximate surface area is 126 Å². The molecule has 2 aromatic carbocycles. The molecule has 0 aromatic heterocycles. The van der Waals surface area contributed by atoms with Crippen LogP contribution in [0.1, 0.15) is 46.8 Å². The highest BCUT2D eigenvalue weighted by Crippen LogP contribution is 2.28. The van der Waals surface area contributed by atoms with Crippen molar-refractivity contribution >= 4 is 17.3 Å². The number of aryl methyl sites for hydroxylation is 2. The Balaban J connectivity index is 2.41. The van der Waals surface area contributed by atoms with Gasteiger partial charge in [0.15, 0.2) is 0 Å². The smallest absolute Gasteiger partial charge is 0.258 e. The van der Waals surface area contributed by atoms with Crippen LogP contribution in [0.4, 0.5) is 11.4 Å². The van der Waals surface area contributed by atoms with Gasteiger partial charge in [-0.05, 0) is 42.5 Å². The largest absolute Gasteiger partial charge is 0.398 e. The number of anilines is 2. The highest BCUT2D eigenvalue weighted by molar-refractivity contribution is 6.09. The molecule has 0 spiro atoms. The Kier molecular flexibility index (Phi) is 4.32. The first-order valence-corrected chi connectivity index (χ1v) is 7.17. The summed E-state index contributed by atoms with van der Waals surface area (Å²) in [6.45, 7) is 8.13. The molecule has 2 rings (SSSR count). The lowest BCUT2D eigenvalue weighted by Crippen LogP contribution is -2.17. The minimum Gasteiger partial charge on any atom is -0.398 e. The minimum absolute atomic E-state index is 0.151. The van der Waals surface area contributed by atoms with Gasteiger partial charge in [-0.15, -0.1) is 0 Å². The first-order chi connectivity index (χ1) is 9.91. The summed E-state index contributed by atoms with van der Waals surface area (Å²) in [6.07, 6.45) is 0. The van der Waals surface area contributed by atoms with Crippen LogP contribution in [0, 0.1) is 13.8 Å². The van der Waals surface area contributed by atoms with Crippen molar-refractivity contribution in [2.45, 2.75) is 33.6 Å². The molecule has 0 heterocycles.